The molecule has 0 aliphatic carbocycles. The van der Waals surface area contributed by atoms with Gasteiger partial charge in [0.15, 0.2) is 0 Å². The monoisotopic (exact) mass is 256 g/mol. The van der Waals surface area contributed by atoms with E-state index in [4.69, 9.17) is 4.74 Å². The maximum absolute atomic E-state index is 5.14. The third-order valence-corrected chi connectivity index (χ3v) is 3.06. The van der Waals surface area contributed by atoms with Gasteiger partial charge in [-0.3, -0.25) is 0 Å². The predicted molar refractivity (Wildman–Crippen MR) is 79.5 cm³/mol. The first-order chi connectivity index (χ1) is 9.31. The zero-order valence-electron chi connectivity index (χ0n) is 11.4. The lowest BCUT2D eigenvalue weighted by Gasteiger charge is -2.07. The molecule has 2 aromatic carbocycles. The topological polar surface area (TPSA) is 33.3 Å². The molecular formula is C16H20N2O. The van der Waals surface area contributed by atoms with E-state index in [9.17, 15) is 0 Å². The van der Waals surface area contributed by atoms with E-state index in [1.54, 1.807) is 7.11 Å². The van der Waals surface area contributed by atoms with Gasteiger partial charge in [0.1, 0.15) is 5.75 Å². The fraction of sp³-hybridized carbons (Fsp3) is 0.250. The van der Waals surface area contributed by atoms with Crippen LogP contribution < -0.4 is 15.4 Å². The second-order valence-corrected chi connectivity index (χ2v) is 4.40. The van der Waals surface area contributed by atoms with Gasteiger partial charge in [0.25, 0.3) is 0 Å². The molecule has 0 atom stereocenters. The van der Waals surface area contributed by atoms with Gasteiger partial charge in [-0.2, -0.15) is 0 Å². The number of methoxy groups -OCH3 is 1. The van der Waals surface area contributed by atoms with Gasteiger partial charge >= 0.3 is 0 Å². The van der Waals surface area contributed by atoms with Crippen LogP contribution in [0.1, 0.15) is 11.1 Å². The normalized spacial score (nSPS) is 10.2. The van der Waals surface area contributed by atoms with Crippen LogP contribution in [0.4, 0.5) is 5.69 Å². The highest BCUT2D eigenvalue weighted by atomic mass is 16.5. The first kappa shape index (κ1) is 13.4. The molecule has 0 saturated carbocycles. The molecule has 0 heterocycles. The van der Waals surface area contributed by atoms with Crippen LogP contribution in [0.2, 0.25) is 0 Å². The Morgan fingerprint density at radius 2 is 1.37 bits per heavy atom. The fourth-order valence-electron chi connectivity index (χ4n) is 1.88. The van der Waals surface area contributed by atoms with E-state index >= 15 is 0 Å². The third-order valence-electron chi connectivity index (χ3n) is 3.06. The number of rotatable bonds is 6. The van der Waals surface area contributed by atoms with Crippen molar-refractivity contribution >= 4 is 5.69 Å². The number of ether oxygens (including phenoxy) is 1. The van der Waals surface area contributed by atoms with Gasteiger partial charge < -0.3 is 15.4 Å². The average Bonchev–Trinajstić information content (AvgIpc) is 2.49. The van der Waals surface area contributed by atoms with Crippen molar-refractivity contribution in [2.75, 3.05) is 19.5 Å². The molecule has 2 N–H and O–H groups in total. The third kappa shape index (κ3) is 4.00. The number of nitrogens with one attached hydrogen (secondary N) is 2. The van der Waals surface area contributed by atoms with Gasteiger partial charge in [0, 0.05) is 25.8 Å². The number of benzene rings is 2. The lowest BCUT2D eigenvalue weighted by Crippen LogP contribution is -2.12. The van der Waals surface area contributed by atoms with E-state index in [0.717, 1.165) is 24.5 Å². The lowest BCUT2D eigenvalue weighted by atomic mass is 10.2. The molecule has 0 radical (unpaired) electrons. The summed E-state index contributed by atoms with van der Waals surface area (Å²) in [5, 5.41) is 6.55. The molecule has 0 amide bonds. The van der Waals surface area contributed by atoms with Crippen LogP contribution in [-0.4, -0.2) is 14.2 Å². The predicted octanol–water partition coefficient (Wildman–Crippen LogP) is 3.03. The van der Waals surface area contributed by atoms with Gasteiger partial charge in [0.2, 0.25) is 0 Å². The molecule has 0 aliphatic heterocycles. The van der Waals surface area contributed by atoms with Crippen molar-refractivity contribution in [2.45, 2.75) is 13.1 Å². The average molecular weight is 256 g/mol. The number of hydrogen-bond donors (Lipinski definition) is 2. The summed E-state index contributed by atoms with van der Waals surface area (Å²) < 4.78 is 5.14. The molecule has 100 valence electrons. The second-order valence-electron chi connectivity index (χ2n) is 4.40. The second kappa shape index (κ2) is 6.81. The molecule has 3 nitrogen and oxygen atoms in total. The summed E-state index contributed by atoms with van der Waals surface area (Å²) in [7, 11) is 3.61. The van der Waals surface area contributed by atoms with Crippen molar-refractivity contribution in [1.29, 1.82) is 0 Å². The quantitative estimate of drug-likeness (QED) is 0.833. The van der Waals surface area contributed by atoms with Gasteiger partial charge in [-0.05, 0) is 35.4 Å². The maximum Gasteiger partial charge on any atom is 0.118 e. The summed E-state index contributed by atoms with van der Waals surface area (Å²) in [6.07, 6.45) is 0. The summed E-state index contributed by atoms with van der Waals surface area (Å²) >= 11 is 0. The molecule has 2 aromatic rings. The smallest absolute Gasteiger partial charge is 0.118 e. The van der Waals surface area contributed by atoms with Gasteiger partial charge in [-0.15, -0.1) is 0 Å². The van der Waals surface area contributed by atoms with Crippen molar-refractivity contribution in [3.8, 4) is 5.75 Å². The molecule has 3 heteroatoms. The van der Waals surface area contributed by atoms with Crippen molar-refractivity contribution in [1.82, 2.24) is 5.32 Å². The molecule has 0 unspecified atom stereocenters. The Hall–Kier alpha value is -2.00. The Kier molecular flexibility index (Phi) is 4.81. The number of hydrogen-bond acceptors (Lipinski definition) is 3. The van der Waals surface area contributed by atoms with Crippen molar-refractivity contribution in [3.63, 3.8) is 0 Å². The largest absolute Gasteiger partial charge is 0.497 e. The zero-order chi connectivity index (χ0) is 13.5. The Morgan fingerprint density at radius 1 is 0.842 bits per heavy atom. The van der Waals surface area contributed by atoms with E-state index in [0.29, 0.717) is 0 Å². The first-order valence-electron chi connectivity index (χ1n) is 6.42. The van der Waals surface area contributed by atoms with Crippen LogP contribution in [-0.2, 0) is 13.1 Å². The highest BCUT2D eigenvalue weighted by Gasteiger charge is 1.96. The molecule has 0 fully saturated rings. The highest BCUT2D eigenvalue weighted by molar-refractivity contribution is 5.43. The Balaban J connectivity index is 1.81. The molecule has 0 bridgehead atoms. The summed E-state index contributed by atoms with van der Waals surface area (Å²) in [5.74, 6) is 0.895. The van der Waals surface area contributed by atoms with Crippen LogP contribution in [0, 0.1) is 0 Å². The molecule has 0 spiro atoms. The molecule has 0 aromatic heterocycles. The van der Waals surface area contributed by atoms with E-state index in [2.05, 4.69) is 47.0 Å². The van der Waals surface area contributed by atoms with E-state index in [1.165, 1.54) is 11.1 Å². The summed E-state index contributed by atoms with van der Waals surface area (Å²) in [4.78, 5) is 0. The van der Waals surface area contributed by atoms with Gasteiger partial charge in [-0.1, -0.05) is 24.3 Å². The standard InChI is InChI=1S/C16H20N2O/c1-17-15-7-3-13(4-8-15)11-18-12-14-5-9-16(19-2)10-6-14/h3-10,17-18H,11-12H2,1-2H3. The number of anilines is 1. The van der Waals surface area contributed by atoms with E-state index in [1.807, 2.05) is 19.2 Å². The van der Waals surface area contributed by atoms with E-state index in [-0.39, 0.29) is 0 Å². The molecular weight excluding hydrogens is 236 g/mol. The Morgan fingerprint density at radius 3 is 1.84 bits per heavy atom. The minimum atomic E-state index is 0.859. The van der Waals surface area contributed by atoms with Crippen molar-refractivity contribution < 1.29 is 4.74 Å². The van der Waals surface area contributed by atoms with E-state index < -0.39 is 0 Å². The maximum atomic E-state index is 5.14. The Labute approximate surface area is 114 Å². The summed E-state index contributed by atoms with van der Waals surface area (Å²) in [6.45, 7) is 1.73. The van der Waals surface area contributed by atoms with Crippen molar-refractivity contribution in [3.05, 3.63) is 59.7 Å². The zero-order valence-corrected chi connectivity index (χ0v) is 11.4. The van der Waals surface area contributed by atoms with Crippen LogP contribution in [0.15, 0.2) is 48.5 Å². The summed E-state index contributed by atoms with van der Waals surface area (Å²) in [5.41, 5.74) is 3.68. The van der Waals surface area contributed by atoms with Crippen LogP contribution in [0.25, 0.3) is 0 Å². The SMILES string of the molecule is CNc1ccc(CNCc2ccc(OC)cc2)cc1. The van der Waals surface area contributed by atoms with Gasteiger partial charge in [-0.25, -0.2) is 0 Å². The fourth-order valence-corrected chi connectivity index (χ4v) is 1.88. The molecule has 0 aliphatic rings. The lowest BCUT2D eigenvalue weighted by molar-refractivity contribution is 0.414. The summed E-state index contributed by atoms with van der Waals surface area (Å²) in [6, 6.07) is 16.6. The van der Waals surface area contributed by atoms with Crippen LogP contribution in [0.5, 0.6) is 5.75 Å². The van der Waals surface area contributed by atoms with Crippen molar-refractivity contribution in [2.24, 2.45) is 0 Å². The van der Waals surface area contributed by atoms with Gasteiger partial charge in [0.05, 0.1) is 7.11 Å². The minimum Gasteiger partial charge on any atom is -0.497 e. The first-order valence-corrected chi connectivity index (χ1v) is 6.42. The molecule has 0 saturated heterocycles. The molecule has 19 heavy (non-hydrogen) atoms. The minimum absolute atomic E-state index is 0.859. The Bertz CT molecular complexity index is 444. The molecule has 2 rings (SSSR count). The highest BCUT2D eigenvalue weighted by Crippen LogP contribution is 2.12. The van der Waals surface area contributed by atoms with Crippen LogP contribution >= 0.6 is 0 Å². The van der Waals surface area contributed by atoms with Crippen LogP contribution in [0.3, 0.4) is 0 Å².